The van der Waals surface area contributed by atoms with E-state index in [1.165, 1.54) is 5.56 Å². The number of ether oxygens (including phenoxy) is 1. The quantitative estimate of drug-likeness (QED) is 0.638. The van der Waals surface area contributed by atoms with Crippen molar-refractivity contribution in [3.8, 4) is 0 Å². The molecule has 2 aromatic rings. The average molecular weight is 507 g/mol. The Labute approximate surface area is 218 Å². The molecule has 0 unspecified atom stereocenters. The fraction of sp³-hybridized carbons (Fsp3) is 0.607. The number of aromatic nitrogens is 2. The Hall–Kier alpha value is -2.91. The Morgan fingerprint density at radius 1 is 1.14 bits per heavy atom. The highest BCUT2D eigenvalue weighted by Gasteiger charge is 2.44. The zero-order chi connectivity index (χ0) is 25.4. The minimum Gasteiger partial charge on any atom is -0.379 e. The number of likely N-dealkylation sites (N-methyl/N-ethyl adjacent to an activating group) is 1. The number of piperidine rings is 1. The standard InChI is InChI=1S/C28H38N6O3/c1-32-19-28(8-11-34(12-9-28)27-30-23-5-3-2-4-21(23)26(36)31-27)22-7-6-20(18-24(22)32)25(35)29-10-13-33-14-16-37-17-15-33/h6-7,18H,2-5,8-17,19H2,1H3,(H,29,35)(H,30,31,36). The van der Waals surface area contributed by atoms with Gasteiger partial charge in [-0.05, 0) is 56.2 Å². The maximum Gasteiger partial charge on any atom is 0.255 e. The summed E-state index contributed by atoms with van der Waals surface area (Å²) in [6.45, 7) is 7.56. The van der Waals surface area contributed by atoms with Gasteiger partial charge in [-0.25, -0.2) is 4.98 Å². The van der Waals surface area contributed by atoms with Crippen LogP contribution in [-0.4, -0.2) is 86.8 Å². The monoisotopic (exact) mass is 506 g/mol. The van der Waals surface area contributed by atoms with Gasteiger partial charge >= 0.3 is 0 Å². The van der Waals surface area contributed by atoms with Gasteiger partial charge in [0.25, 0.3) is 11.5 Å². The molecule has 2 N–H and O–H groups in total. The van der Waals surface area contributed by atoms with Crippen molar-refractivity contribution in [3.05, 3.63) is 50.9 Å². The Morgan fingerprint density at radius 3 is 2.73 bits per heavy atom. The van der Waals surface area contributed by atoms with Crippen LogP contribution in [0.25, 0.3) is 0 Å². The van der Waals surface area contributed by atoms with Crippen molar-refractivity contribution in [1.29, 1.82) is 0 Å². The average Bonchev–Trinajstić information content (AvgIpc) is 3.19. The molecule has 9 heteroatoms. The summed E-state index contributed by atoms with van der Waals surface area (Å²) in [5, 5.41) is 3.09. The Kier molecular flexibility index (Phi) is 6.67. The van der Waals surface area contributed by atoms with E-state index >= 15 is 0 Å². The van der Waals surface area contributed by atoms with Crippen LogP contribution in [0.2, 0.25) is 0 Å². The highest BCUT2D eigenvalue weighted by Crippen LogP contribution is 2.47. The Bertz CT molecular complexity index is 1210. The number of hydrogen-bond acceptors (Lipinski definition) is 7. The number of benzene rings is 1. The number of rotatable bonds is 5. The highest BCUT2D eigenvalue weighted by atomic mass is 16.5. The molecule has 3 aliphatic heterocycles. The summed E-state index contributed by atoms with van der Waals surface area (Å²) >= 11 is 0. The van der Waals surface area contributed by atoms with E-state index in [-0.39, 0.29) is 16.9 Å². The second-order valence-corrected chi connectivity index (χ2v) is 11.1. The third-order valence-electron chi connectivity index (χ3n) is 8.80. The molecular weight excluding hydrogens is 468 g/mol. The molecule has 4 heterocycles. The predicted molar refractivity (Wildman–Crippen MR) is 144 cm³/mol. The molecule has 0 atom stereocenters. The first-order chi connectivity index (χ1) is 18.0. The van der Waals surface area contributed by atoms with Crippen molar-refractivity contribution in [2.45, 2.75) is 43.9 Å². The third kappa shape index (κ3) is 4.75. The van der Waals surface area contributed by atoms with Gasteiger partial charge in [0.2, 0.25) is 5.95 Å². The minimum absolute atomic E-state index is 0.0114. The van der Waals surface area contributed by atoms with E-state index in [9.17, 15) is 9.59 Å². The van der Waals surface area contributed by atoms with Gasteiger partial charge in [0.15, 0.2) is 0 Å². The zero-order valence-corrected chi connectivity index (χ0v) is 21.9. The number of aromatic amines is 1. The summed E-state index contributed by atoms with van der Waals surface area (Å²) in [6.07, 6.45) is 5.94. The van der Waals surface area contributed by atoms with Crippen LogP contribution in [0.15, 0.2) is 23.0 Å². The van der Waals surface area contributed by atoms with Gasteiger partial charge < -0.3 is 19.9 Å². The van der Waals surface area contributed by atoms with E-state index < -0.39 is 0 Å². The number of hydrogen-bond donors (Lipinski definition) is 2. The molecule has 0 saturated carbocycles. The van der Waals surface area contributed by atoms with E-state index in [1.807, 2.05) is 6.07 Å². The lowest BCUT2D eigenvalue weighted by molar-refractivity contribution is 0.0383. The number of nitrogens with zero attached hydrogens (tertiary/aromatic N) is 4. The van der Waals surface area contributed by atoms with E-state index in [4.69, 9.17) is 9.72 Å². The lowest BCUT2D eigenvalue weighted by Gasteiger charge is -2.40. The first-order valence-corrected chi connectivity index (χ1v) is 13.8. The van der Waals surface area contributed by atoms with Gasteiger partial charge in [-0.1, -0.05) is 6.07 Å². The molecular formula is C28H38N6O3. The number of fused-ring (bicyclic) bond motifs is 3. The molecule has 1 aromatic heterocycles. The molecule has 4 aliphatic rings. The number of morpholine rings is 1. The maximum atomic E-state index is 12.9. The van der Waals surface area contributed by atoms with Crippen LogP contribution >= 0.6 is 0 Å². The molecule has 6 rings (SSSR count). The lowest BCUT2D eigenvalue weighted by Crippen LogP contribution is -2.46. The smallest absolute Gasteiger partial charge is 0.255 e. The summed E-state index contributed by atoms with van der Waals surface area (Å²) in [5.74, 6) is 0.721. The minimum atomic E-state index is -0.0114. The summed E-state index contributed by atoms with van der Waals surface area (Å²) < 4.78 is 5.40. The fourth-order valence-corrected chi connectivity index (χ4v) is 6.63. The van der Waals surface area contributed by atoms with Gasteiger partial charge in [-0.15, -0.1) is 0 Å². The molecule has 1 amide bonds. The molecule has 2 saturated heterocycles. The first-order valence-electron chi connectivity index (χ1n) is 13.8. The molecule has 2 fully saturated rings. The topological polar surface area (TPSA) is 93.8 Å². The van der Waals surface area contributed by atoms with Crippen molar-refractivity contribution in [2.24, 2.45) is 0 Å². The van der Waals surface area contributed by atoms with Crippen LogP contribution < -0.4 is 20.7 Å². The van der Waals surface area contributed by atoms with Crippen LogP contribution in [0.5, 0.6) is 0 Å². The second-order valence-electron chi connectivity index (χ2n) is 11.1. The number of anilines is 2. The van der Waals surface area contributed by atoms with Gasteiger partial charge in [0.05, 0.1) is 18.9 Å². The summed E-state index contributed by atoms with van der Waals surface area (Å²) in [7, 11) is 2.13. The number of carbonyl (C=O) groups excluding carboxylic acids is 1. The molecule has 1 aromatic carbocycles. The lowest BCUT2D eigenvalue weighted by atomic mass is 9.74. The van der Waals surface area contributed by atoms with Gasteiger partial charge in [-0.3, -0.25) is 19.5 Å². The van der Waals surface area contributed by atoms with E-state index in [0.29, 0.717) is 6.54 Å². The third-order valence-corrected chi connectivity index (χ3v) is 8.80. The largest absolute Gasteiger partial charge is 0.379 e. The molecule has 0 bridgehead atoms. The molecule has 9 nitrogen and oxygen atoms in total. The molecule has 1 aliphatic carbocycles. The Balaban J connectivity index is 1.12. The number of nitrogens with one attached hydrogen (secondary N) is 2. The molecule has 1 spiro atoms. The van der Waals surface area contributed by atoms with Crippen molar-refractivity contribution in [1.82, 2.24) is 20.2 Å². The summed E-state index contributed by atoms with van der Waals surface area (Å²) in [6, 6.07) is 6.21. The maximum absolute atomic E-state index is 12.9. The number of aryl methyl sites for hydroxylation is 1. The second kappa shape index (κ2) is 10.1. The zero-order valence-electron chi connectivity index (χ0n) is 21.9. The van der Waals surface area contributed by atoms with Crippen LogP contribution in [0.4, 0.5) is 11.6 Å². The van der Waals surface area contributed by atoms with Crippen LogP contribution in [-0.2, 0) is 23.0 Å². The van der Waals surface area contributed by atoms with Crippen molar-refractivity contribution in [2.75, 3.05) is 75.9 Å². The highest BCUT2D eigenvalue weighted by molar-refractivity contribution is 5.95. The van der Waals surface area contributed by atoms with Crippen LogP contribution in [0.3, 0.4) is 0 Å². The van der Waals surface area contributed by atoms with Crippen molar-refractivity contribution in [3.63, 3.8) is 0 Å². The van der Waals surface area contributed by atoms with E-state index in [0.717, 1.165) is 119 Å². The van der Waals surface area contributed by atoms with E-state index in [2.05, 4.69) is 44.2 Å². The normalized spacial score (nSPS) is 21.1. The summed E-state index contributed by atoms with van der Waals surface area (Å²) in [5.41, 5.74) is 5.21. The van der Waals surface area contributed by atoms with Gasteiger partial charge in [0.1, 0.15) is 0 Å². The number of amides is 1. The first kappa shape index (κ1) is 24.4. The SMILES string of the molecule is CN1CC2(CCN(c3nc4c(c(=O)[nH]3)CCCC4)CC2)c2ccc(C(=O)NCCN3CCOCC3)cc21. The fourth-order valence-electron chi connectivity index (χ4n) is 6.63. The van der Waals surface area contributed by atoms with Gasteiger partial charge in [-0.2, -0.15) is 0 Å². The molecule has 37 heavy (non-hydrogen) atoms. The Morgan fingerprint density at radius 2 is 1.92 bits per heavy atom. The van der Waals surface area contributed by atoms with Gasteiger partial charge in [0, 0.05) is 75.1 Å². The van der Waals surface area contributed by atoms with Crippen LogP contribution in [0.1, 0.15) is 52.9 Å². The number of H-pyrrole nitrogens is 1. The van der Waals surface area contributed by atoms with Crippen LogP contribution in [0, 0.1) is 0 Å². The number of carbonyl (C=O) groups is 1. The van der Waals surface area contributed by atoms with E-state index in [1.54, 1.807) is 0 Å². The van der Waals surface area contributed by atoms with Crippen molar-refractivity contribution < 1.29 is 9.53 Å². The molecule has 0 radical (unpaired) electrons. The molecule has 198 valence electrons. The van der Waals surface area contributed by atoms with Crippen molar-refractivity contribution >= 4 is 17.5 Å². The predicted octanol–water partition coefficient (Wildman–Crippen LogP) is 1.70. The summed E-state index contributed by atoms with van der Waals surface area (Å²) in [4.78, 5) is 40.3.